The molecule has 3 aromatic rings. The van der Waals surface area contributed by atoms with Gasteiger partial charge in [-0.25, -0.2) is 4.68 Å². The van der Waals surface area contributed by atoms with Gasteiger partial charge in [0.05, 0.1) is 6.26 Å². The van der Waals surface area contributed by atoms with E-state index in [0.29, 0.717) is 17.1 Å². The topological polar surface area (TPSA) is 106 Å². The first-order valence-corrected chi connectivity index (χ1v) is 9.66. The number of nitrogens with zero attached hydrogens (tertiary/aromatic N) is 3. The fourth-order valence-electron chi connectivity index (χ4n) is 3.46. The van der Waals surface area contributed by atoms with Crippen molar-refractivity contribution in [2.45, 2.75) is 25.8 Å². The van der Waals surface area contributed by atoms with Crippen molar-refractivity contribution in [3.8, 4) is 11.5 Å². The lowest BCUT2D eigenvalue weighted by molar-refractivity contribution is -0.117. The Bertz CT molecular complexity index is 1040. The van der Waals surface area contributed by atoms with Crippen LogP contribution in [0.15, 0.2) is 57.9 Å². The van der Waals surface area contributed by atoms with Crippen molar-refractivity contribution >= 4 is 23.0 Å². The normalized spacial score (nSPS) is 14.0. The van der Waals surface area contributed by atoms with Crippen LogP contribution in [0.4, 0.5) is 17.1 Å². The van der Waals surface area contributed by atoms with E-state index in [1.807, 2.05) is 24.3 Å². The number of anilines is 3. The van der Waals surface area contributed by atoms with E-state index in [2.05, 4.69) is 15.3 Å². The summed E-state index contributed by atoms with van der Waals surface area (Å²) in [6.07, 6.45) is 5.20. The molecule has 8 heteroatoms. The molecule has 0 aliphatic carbocycles. The zero-order chi connectivity index (χ0) is 20.2. The Hall–Kier alpha value is -3.55. The molecule has 1 aliphatic rings. The van der Waals surface area contributed by atoms with Gasteiger partial charge in [-0.1, -0.05) is 0 Å². The molecule has 0 atom stereocenters. The van der Waals surface area contributed by atoms with Gasteiger partial charge in [0, 0.05) is 24.5 Å². The summed E-state index contributed by atoms with van der Waals surface area (Å²) in [4.78, 5) is 27.1. The predicted octanol–water partition coefficient (Wildman–Crippen LogP) is 2.71. The van der Waals surface area contributed by atoms with Gasteiger partial charge in [0.15, 0.2) is 5.76 Å². The van der Waals surface area contributed by atoms with Crippen LogP contribution in [0, 0.1) is 0 Å². The first kappa shape index (κ1) is 18.8. The van der Waals surface area contributed by atoms with Crippen LogP contribution in [0.3, 0.4) is 0 Å². The zero-order valence-corrected chi connectivity index (χ0v) is 16.0. The molecule has 0 unspecified atom stereocenters. The summed E-state index contributed by atoms with van der Waals surface area (Å²) in [6, 6.07) is 12.6. The van der Waals surface area contributed by atoms with Crippen LogP contribution in [0.2, 0.25) is 0 Å². The SMILES string of the molecule is Nc1cc(-c2ccco2)nn(CC(=O)Nc2ccc(N3CCCCC3)cc2)c1=O. The Morgan fingerprint density at radius 1 is 1.14 bits per heavy atom. The lowest BCUT2D eigenvalue weighted by Gasteiger charge is -2.28. The number of hydrogen-bond donors (Lipinski definition) is 2. The molecule has 1 aliphatic heterocycles. The van der Waals surface area contributed by atoms with Crippen LogP contribution >= 0.6 is 0 Å². The molecule has 1 saturated heterocycles. The Labute approximate surface area is 167 Å². The van der Waals surface area contributed by atoms with Crippen molar-refractivity contribution in [3.63, 3.8) is 0 Å². The van der Waals surface area contributed by atoms with E-state index < -0.39 is 5.56 Å². The number of furan rings is 1. The van der Waals surface area contributed by atoms with E-state index >= 15 is 0 Å². The first-order chi connectivity index (χ1) is 14.1. The number of rotatable bonds is 5. The highest BCUT2D eigenvalue weighted by Crippen LogP contribution is 2.22. The molecule has 3 heterocycles. The van der Waals surface area contributed by atoms with Gasteiger partial charge in [-0.2, -0.15) is 5.10 Å². The molecule has 150 valence electrons. The van der Waals surface area contributed by atoms with Crippen LogP contribution in [0.1, 0.15) is 19.3 Å². The van der Waals surface area contributed by atoms with Gasteiger partial charge in [-0.15, -0.1) is 0 Å². The third kappa shape index (κ3) is 4.31. The molecule has 0 saturated carbocycles. The molecule has 2 aromatic heterocycles. The van der Waals surface area contributed by atoms with Crippen molar-refractivity contribution in [2.75, 3.05) is 29.0 Å². The highest BCUT2D eigenvalue weighted by Gasteiger charge is 2.14. The predicted molar refractivity (Wildman–Crippen MR) is 112 cm³/mol. The standard InChI is InChI=1S/C21H23N5O3/c22-17-13-18(19-5-4-12-29-19)24-26(21(17)28)14-20(27)23-15-6-8-16(9-7-15)25-10-2-1-3-11-25/h4-9,12-13H,1-3,10-11,14,22H2,(H,23,27). The van der Waals surface area contributed by atoms with E-state index in [4.69, 9.17) is 10.2 Å². The minimum atomic E-state index is -0.518. The number of hydrogen-bond acceptors (Lipinski definition) is 6. The quantitative estimate of drug-likeness (QED) is 0.690. The van der Waals surface area contributed by atoms with E-state index in [1.165, 1.54) is 31.6 Å². The second kappa shape index (κ2) is 8.22. The number of nitrogens with one attached hydrogen (secondary N) is 1. The molecule has 1 fully saturated rings. The Morgan fingerprint density at radius 2 is 1.90 bits per heavy atom. The maximum Gasteiger partial charge on any atom is 0.290 e. The van der Waals surface area contributed by atoms with Gasteiger partial charge in [0.25, 0.3) is 5.56 Å². The van der Waals surface area contributed by atoms with Gasteiger partial charge < -0.3 is 20.4 Å². The third-order valence-corrected chi connectivity index (χ3v) is 4.94. The molecule has 4 rings (SSSR count). The fraction of sp³-hybridized carbons (Fsp3) is 0.286. The van der Waals surface area contributed by atoms with E-state index in [-0.39, 0.29) is 18.1 Å². The van der Waals surface area contributed by atoms with Gasteiger partial charge in [0.2, 0.25) is 5.91 Å². The highest BCUT2D eigenvalue weighted by molar-refractivity contribution is 5.90. The minimum absolute atomic E-state index is 0.00471. The van der Waals surface area contributed by atoms with Gasteiger partial charge >= 0.3 is 0 Å². The van der Waals surface area contributed by atoms with Crippen LogP contribution in [0.25, 0.3) is 11.5 Å². The highest BCUT2D eigenvalue weighted by atomic mass is 16.3. The van der Waals surface area contributed by atoms with Crippen molar-refractivity contribution in [1.29, 1.82) is 0 Å². The molecule has 3 N–H and O–H groups in total. The van der Waals surface area contributed by atoms with Crippen LogP contribution < -0.4 is 21.5 Å². The average Bonchev–Trinajstić information content (AvgIpc) is 3.27. The molecule has 1 amide bonds. The molecule has 1 aromatic carbocycles. The summed E-state index contributed by atoms with van der Waals surface area (Å²) in [7, 11) is 0. The van der Waals surface area contributed by atoms with Crippen LogP contribution in [0.5, 0.6) is 0 Å². The smallest absolute Gasteiger partial charge is 0.290 e. The number of benzene rings is 1. The summed E-state index contributed by atoms with van der Waals surface area (Å²) in [5, 5.41) is 7.00. The van der Waals surface area contributed by atoms with Gasteiger partial charge in [0.1, 0.15) is 17.9 Å². The van der Waals surface area contributed by atoms with E-state index in [1.54, 1.807) is 12.1 Å². The summed E-state index contributed by atoms with van der Waals surface area (Å²) >= 11 is 0. The van der Waals surface area contributed by atoms with Crippen molar-refractivity contribution < 1.29 is 9.21 Å². The molecular formula is C21H23N5O3. The third-order valence-electron chi connectivity index (χ3n) is 4.94. The lowest BCUT2D eigenvalue weighted by Crippen LogP contribution is -2.31. The monoisotopic (exact) mass is 393 g/mol. The summed E-state index contributed by atoms with van der Waals surface area (Å²) in [5.41, 5.74) is 7.49. The average molecular weight is 393 g/mol. The molecule has 29 heavy (non-hydrogen) atoms. The number of carbonyl (C=O) groups is 1. The summed E-state index contributed by atoms with van der Waals surface area (Å²) in [6.45, 7) is 1.88. The maximum atomic E-state index is 12.4. The number of amides is 1. The second-order valence-electron chi connectivity index (χ2n) is 7.07. The van der Waals surface area contributed by atoms with Gasteiger partial charge in [-0.3, -0.25) is 9.59 Å². The maximum absolute atomic E-state index is 12.4. The number of piperidine rings is 1. The van der Waals surface area contributed by atoms with Crippen LogP contribution in [-0.4, -0.2) is 28.8 Å². The van der Waals surface area contributed by atoms with E-state index in [0.717, 1.165) is 23.5 Å². The van der Waals surface area contributed by atoms with Crippen LogP contribution in [-0.2, 0) is 11.3 Å². The van der Waals surface area contributed by atoms with Crippen molar-refractivity contribution in [3.05, 3.63) is 59.1 Å². The number of nitrogen functional groups attached to an aromatic ring is 1. The first-order valence-electron chi connectivity index (χ1n) is 9.66. The Kier molecular flexibility index (Phi) is 5.33. The summed E-state index contributed by atoms with van der Waals surface area (Å²) < 4.78 is 6.34. The largest absolute Gasteiger partial charge is 0.463 e. The number of carbonyl (C=O) groups excluding carboxylic acids is 1. The fourth-order valence-corrected chi connectivity index (χ4v) is 3.46. The van der Waals surface area contributed by atoms with E-state index in [9.17, 15) is 9.59 Å². The second-order valence-corrected chi connectivity index (χ2v) is 7.07. The van der Waals surface area contributed by atoms with Crippen molar-refractivity contribution in [1.82, 2.24) is 9.78 Å². The lowest BCUT2D eigenvalue weighted by atomic mass is 10.1. The zero-order valence-electron chi connectivity index (χ0n) is 16.0. The molecular weight excluding hydrogens is 370 g/mol. The molecule has 0 radical (unpaired) electrons. The summed E-state index contributed by atoms with van der Waals surface area (Å²) in [5.74, 6) is 0.112. The van der Waals surface area contributed by atoms with Crippen molar-refractivity contribution in [2.24, 2.45) is 0 Å². The molecule has 8 nitrogen and oxygen atoms in total. The van der Waals surface area contributed by atoms with Gasteiger partial charge in [-0.05, 0) is 61.7 Å². The molecule has 0 spiro atoms. The Balaban J connectivity index is 1.45. The number of aromatic nitrogens is 2. The number of nitrogens with two attached hydrogens (primary N) is 1. The Morgan fingerprint density at radius 3 is 2.59 bits per heavy atom. The minimum Gasteiger partial charge on any atom is -0.463 e. The molecule has 0 bridgehead atoms.